The summed E-state index contributed by atoms with van der Waals surface area (Å²) in [5.74, 6) is -2.21. The predicted octanol–water partition coefficient (Wildman–Crippen LogP) is 3.33. The van der Waals surface area contributed by atoms with E-state index in [0.29, 0.717) is 24.0 Å². The number of aromatic hydroxyl groups is 1. The molecule has 0 spiro atoms. The second kappa shape index (κ2) is 8.31. The van der Waals surface area contributed by atoms with Gasteiger partial charge in [0.1, 0.15) is 11.6 Å². The highest BCUT2D eigenvalue weighted by atomic mass is 35.5. The molecule has 4 rings (SSSR count). The number of rotatable bonds is 5. The van der Waals surface area contributed by atoms with E-state index < -0.39 is 29.7 Å². The molecule has 0 fully saturated rings. The average Bonchev–Trinajstić information content (AvgIpc) is 3.16. The van der Waals surface area contributed by atoms with Crippen molar-refractivity contribution in [1.29, 1.82) is 0 Å². The number of amides is 2. The van der Waals surface area contributed by atoms with Crippen LogP contribution in [0.1, 0.15) is 45.7 Å². The zero-order valence-corrected chi connectivity index (χ0v) is 17.0. The van der Waals surface area contributed by atoms with Gasteiger partial charge in [0.2, 0.25) is 5.91 Å². The molecule has 2 aromatic carbocycles. The van der Waals surface area contributed by atoms with Crippen LogP contribution in [0.15, 0.2) is 55.0 Å². The number of benzene rings is 2. The largest absolute Gasteiger partial charge is 0.507 e. The molecular formula is C22H18ClFN4O3. The molecule has 31 heavy (non-hydrogen) atoms. The SMILES string of the molecule is NC(=O)C(c1cnccn1)N(C(=O)c1ccccc1O)[C@@H]1CCc2c(F)cc(Cl)cc21. The number of hydrogen-bond acceptors (Lipinski definition) is 5. The number of fused-ring (bicyclic) bond motifs is 1. The molecular weight excluding hydrogens is 423 g/mol. The monoisotopic (exact) mass is 440 g/mol. The van der Waals surface area contributed by atoms with Crippen LogP contribution in [0.5, 0.6) is 5.75 Å². The zero-order chi connectivity index (χ0) is 22.1. The average molecular weight is 441 g/mol. The molecule has 1 aliphatic carbocycles. The summed E-state index contributed by atoms with van der Waals surface area (Å²) in [5, 5.41) is 10.4. The van der Waals surface area contributed by atoms with Gasteiger partial charge in [0.05, 0.1) is 23.5 Å². The van der Waals surface area contributed by atoms with Crippen molar-refractivity contribution in [3.63, 3.8) is 0 Å². The maximum Gasteiger partial charge on any atom is 0.259 e. The number of primary amides is 1. The fourth-order valence-electron chi connectivity index (χ4n) is 4.02. The molecule has 0 radical (unpaired) electrons. The maximum absolute atomic E-state index is 14.5. The van der Waals surface area contributed by atoms with E-state index in [1.807, 2.05) is 0 Å². The number of phenols is 1. The second-order valence-electron chi connectivity index (χ2n) is 7.17. The molecule has 158 valence electrons. The molecule has 3 N–H and O–H groups in total. The van der Waals surface area contributed by atoms with Gasteiger partial charge in [-0.1, -0.05) is 23.7 Å². The number of para-hydroxylation sites is 1. The van der Waals surface area contributed by atoms with Crippen molar-refractivity contribution in [2.75, 3.05) is 0 Å². The van der Waals surface area contributed by atoms with Crippen LogP contribution in [-0.4, -0.2) is 31.8 Å². The molecule has 9 heteroatoms. The Morgan fingerprint density at radius 3 is 2.71 bits per heavy atom. The first kappa shape index (κ1) is 20.7. The van der Waals surface area contributed by atoms with Crippen LogP contribution in [0.3, 0.4) is 0 Å². The lowest BCUT2D eigenvalue weighted by atomic mass is 10.0. The molecule has 0 bridgehead atoms. The van der Waals surface area contributed by atoms with Crippen LogP contribution in [-0.2, 0) is 11.2 Å². The number of aromatic nitrogens is 2. The summed E-state index contributed by atoms with van der Waals surface area (Å²) in [6, 6.07) is 6.76. The highest BCUT2D eigenvalue weighted by molar-refractivity contribution is 6.30. The summed E-state index contributed by atoms with van der Waals surface area (Å²) in [5.41, 5.74) is 6.76. The van der Waals surface area contributed by atoms with Gasteiger partial charge in [-0.15, -0.1) is 0 Å². The van der Waals surface area contributed by atoms with E-state index in [0.717, 1.165) is 0 Å². The smallest absolute Gasteiger partial charge is 0.259 e. The van der Waals surface area contributed by atoms with Gasteiger partial charge in [0, 0.05) is 17.4 Å². The summed E-state index contributed by atoms with van der Waals surface area (Å²) < 4.78 is 14.5. The minimum Gasteiger partial charge on any atom is -0.507 e. The fourth-order valence-corrected chi connectivity index (χ4v) is 4.23. The van der Waals surface area contributed by atoms with Crippen molar-refractivity contribution < 1.29 is 19.1 Å². The summed E-state index contributed by atoms with van der Waals surface area (Å²) in [6.45, 7) is 0. The Hall–Kier alpha value is -3.52. The van der Waals surface area contributed by atoms with Gasteiger partial charge in [0.25, 0.3) is 5.91 Å². The quantitative estimate of drug-likeness (QED) is 0.632. The van der Waals surface area contributed by atoms with E-state index >= 15 is 0 Å². The normalized spacial score (nSPS) is 15.9. The lowest BCUT2D eigenvalue weighted by Crippen LogP contribution is -2.44. The summed E-state index contributed by atoms with van der Waals surface area (Å²) in [6.07, 6.45) is 4.84. The number of nitrogens with zero attached hydrogens (tertiary/aromatic N) is 3. The highest BCUT2D eigenvalue weighted by Crippen LogP contribution is 2.43. The Morgan fingerprint density at radius 2 is 2.03 bits per heavy atom. The van der Waals surface area contributed by atoms with Gasteiger partial charge >= 0.3 is 0 Å². The zero-order valence-electron chi connectivity index (χ0n) is 16.2. The maximum atomic E-state index is 14.5. The van der Waals surface area contributed by atoms with Crippen molar-refractivity contribution in [3.8, 4) is 5.75 Å². The Bertz CT molecular complexity index is 1160. The van der Waals surface area contributed by atoms with E-state index in [1.165, 1.54) is 41.7 Å². The first-order valence-corrected chi connectivity index (χ1v) is 9.90. The van der Waals surface area contributed by atoms with Crippen LogP contribution in [0, 0.1) is 5.82 Å². The fraction of sp³-hybridized carbons (Fsp3) is 0.182. The predicted molar refractivity (Wildman–Crippen MR) is 111 cm³/mol. The number of nitrogens with two attached hydrogens (primary N) is 1. The molecule has 1 heterocycles. The van der Waals surface area contributed by atoms with Gasteiger partial charge < -0.3 is 15.7 Å². The minimum atomic E-state index is -1.29. The first-order chi connectivity index (χ1) is 14.9. The highest BCUT2D eigenvalue weighted by Gasteiger charge is 2.41. The number of carbonyl (C=O) groups is 2. The Labute approximate surface area is 182 Å². The third kappa shape index (κ3) is 3.82. The van der Waals surface area contributed by atoms with Gasteiger partial charge in [-0.05, 0) is 48.2 Å². The molecule has 7 nitrogen and oxygen atoms in total. The van der Waals surface area contributed by atoms with Crippen molar-refractivity contribution in [2.45, 2.75) is 24.9 Å². The van der Waals surface area contributed by atoms with E-state index in [-0.39, 0.29) is 22.0 Å². The third-order valence-electron chi connectivity index (χ3n) is 5.34. The van der Waals surface area contributed by atoms with E-state index in [2.05, 4.69) is 9.97 Å². The van der Waals surface area contributed by atoms with Crippen molar-refractivity contribution in [1.82, 2.24) is 14.9 Å². The standard InChI is InChI=1S/C22H18ClFN4O3/c23-12-9-15-13(16(24)10-12)5-6-18(15)28(22(31)14-3-1-2-4-19(14)29)20(21(25)30)17-11-26-7-8-27-17/h1-4,7-11,18,20,29H,5-6H2,(H2,25,30)/t18-,20?/m1/s1. The van der Waals surface area contributed by atoms with Gasteiger partial charge in [-0.25, -0.2) is 4.39 Å². The van der Waals surface area contributed by atoms with Crippen LogP contribution < -0.4 is 5.73 Å². The Balaban J connectivity index is 1.90. The third-order valence-corrected chi connectivity index (χ3v) is 5.56. The molecule has 1 aliphatic rings. The lowest BCUT2D eigenvalue weighted by Gasteiger charge is -2.35. The molecule has 2 amide bonds. The number of hydrogen-bond donors (Lipinski definition) is 2. The molecule has 1 unspecified atom stereocenters. The van der Waals surface area contributed by atoms with E-state index in [1.54, 1.807) is 18.2 Å². The minimum absolute atomic E-state index is 0.0198. The van der Waals surface area contributed by atoms with Gasteiger partial charge in [-0.2, -0.15) is 0 Å². The molecule has 2 atom stereocenters. The molecule has 3 aromatic rings. The number of carbonyl (C=O) groups excluding carboxylic acids is 2. The van der Waals surface area contributed by atoms with E-state index in [9.17, 15) is 19.1 Å². The topological polar surface area (TPSA) is 109 Å². The van der Waals surface area contributed by atoms with Crippen LogP contribution in [0.4, 0.5) is 4.39 Å². The number of phenolic OH excluding ortho intramolecular Hbond substituents is 1. The molecule has 0 aliphatic heterocycles. The summed E-state index contributed by atoms with van der Waals surface area (Å²) in [4.78, 5) is 35.6. The summed E-state index contributed by atoms with van der Waals surface area (Å²) in [7, 11) is 0. The molecule has 0 saturated carbocycles. The van der Waals surface area contributed by atoms with Crippen molar-refractivity contribution in [3.05, 3.63) is 88.2 Å². The van der Waals surface area contributed by atoms with E-state index in [4.69, 9.17) is 17.3 Å². The molecule has 1 aromatic heterocycles. The second-order valence-corrected chi connectivity index (χ2v) is 7.61. The van der Waals surface area contributed by atoms with Crippen LogP contribution in [0.25, 0.3) is 0 Å². The first-order valence-electron chi connectivity index (χ1n) is 9.52. The van der Waals surface area contributed by atoms with Gasteiger partial charge in [0.15, 0.2) is 6.04 Å². The Kier molecular flexibility index (Phi) is 5.56. The summed E-state index contributed by atoms with van der Waals surface area (Å²) >= 11 is 6.08. The van der Waals surface area contributed by atoms with Crippen molar-refractivity contribution in [2.24, 2.45) is 5.73 Å². The van der Waals surface area contributed by atoms with Gasteiger partial charge in [-0.3, -0.25) is 19.6 Å². The van der Waals surface area contributed by atoms with Crippen LogP contribution >= 0.6 is 11.6 Å². The lowest BCUT2D eigenvalue weighted by molar-refractivity contribution is -0.123. The van der Waals surface area contributed by atoms with Crippen LogP contribution in [0.2, 0.25) is 5.02 Å². The molecule has 0 saturated heterocycles. The van der Waals surface area contributed by atoms with Crippen molar-refractivity contribution >= 4 is 23.4 Å². The Morgan fingerprint density at radius 1 is 1.26 bits per heavy atom. The number of halogens is 2.